The lowest BCUT2D eigenvalue weighted by molar-refractivity contribution is -0.139. The lowest BCUT2D eigenvalue weighted by Gasteiger charge is -2.33. The molecule has 0 spiro atoms. The Morgan fingerprint density at radius 3 is 2.17 bits per heavy atom. The average molecular weight is 625 g/mol. The van der Waals surface area contributed by atoms with Gasteiger partial charge in [-0.1, -0.05) is 66.0 Å². The molecule has 11 heteroatoms. The Labute approximate surface area is 251 Å². The van der Waals surface area contributed by atoms with E-state index in [2.05, 4.69) is 5.32 Å². The van der Waals surface area contributed by atoms with Crippen LogP contribution in [0, 0.1) is 6.92 Å². The zero-order chi connectivity index (χ0) is 29.6. The van der Waals surface area contributed by atoms with Crippen LogP contribution in [0.2, 0.25) is 15.1 Å². The Morgan fingerprint density at radius 2 is 1.57 bits per heavy atom. The second kappa shape index (κ2) is 13.7. The number of amides is 2. The molecule has 0 saturated heterocycles. The second-order valence-corrected chi connectivity index (χ2v) is 12.6. The molecule has 0 saturated carbocycles. The van der Waals surface area contributed by atoms with E-state index in [-0.39, 0.29) is 23.4 Å². The molecule has 0 aliphatic rings. The summed E-state index contributed by atoms with van der Waals surface area (Å²) in [7, 11) is -4.19. The van der Waals surface area contributed by atoms with E-state index in [4.69, 9.17) is 34.8 Å². The minimum absolute atomic E-state index is 0.00736. The highest BCUT2D eigenvalue weighted by molar-refractivity contribution is 7.92. The van der Waals surface area contributed by atoms with Crippen molar-refractivity contribution in [3.05, 3.63) is 92.9 Å². The lowest BCUT2D eigenvalue weighted by Crippen LogP contribution is -2.52. The molecule has 0 fully saturated rings. The number of nitrogens with zero attached hydrogens (tertiary/aromatic N) is 2. The molecule has 0 heterocycles. The zero-order valence-electron chi connectivity index (χ0n) is 22.7. The van der Waals surface area contributed by atoms with Gasteiger partial charge in [0, 0.05) is 17.6 Å². The van der Waals surface area contributed by atoms with E-state index in [1.807, 2.05) is 13.8 Å². The van der Waals surface area contributed by atoms with Gasteiger partial charge < -0.3 is 10.2 Å². The highest BCUT2D eigenvalue weighted by Gasteiger charge is 2.33. The van der Waals surface area contributed by atoms with Crippen molar-refractivity contribution in [1.29, 1.82) is 0 Å². The van der Waals surface area contributed by atoms with Gasteiger partial charge in [-0.05, 0) is 80.8 Å². The smallest absolute Gasteiger partial charge is 0.264 e. The van der Waals surface area contributed by atoms with Crippen LogP contribution < -0.4 is 9.62 Å². The first-order chi connectivity index (χ1) is 18.8. The van der Waals surface area contributed by atoms with Gasteiger partial charge in [0.05, 0.1) is 20.6 Å². The van der Waals surface area contributed by atoms with E-state index in [0.29, 0.717) is 38.3 Å². The molecule has 2 atom stereocenters. The van der Waals surface area contributed by atoms with E-state index < -0.39 is 28.5 Å². The second-order valence-electron chi connectivity index (χ2n) is 9.52. The molecule has 2 unspecified atom stereocenters. The predicted molar refractivity (Wildman–Crippen MR) is 162 cm³/mol. The molecule has 3 aromatic rings. The Kier molecular flexibility index (Phi) is 10.9. The van der Waals surface area contributed by atoms with E-state index in [1.54, 1.807) is 56.3 Å². The van der Waals surface area contributed by atoms with Crippen molar-refractivity contribution in [2.45, 2.75) is 57.6 Å². The Bertz CT molecular complexity index is 1470. The third-order valence-corrected chi connectivity index (χ3v) is 9.33. The van der Waals surface area contributed by atoms with Crippen molar-refractivity contribution < 1.29 is 18.0 Å². The van der Waals surface area contributed by atoms with Crippen LogP contribution in [-0.2, 0) is 26.2 Å². The van der Waals surface area contributed by atoms with Crippen LogP contribution in [0.15, 0.2) is 71.6 Å². The molecule has 0 radical (unpaired) electrons. The first-order valence-electron chi connectivity index (χ1n) is 12.7. The van der Waals surface area contributed by atoms with Crippen LogP contribution in [0.25, 0.3) is 0 Å². The number of aryl methyl sites for hydroxylation is 1. The maximum Gasteiger partial charge on any atom is 0.264 e. The summed E-state index contributed by atoms with van der Waals surface area (Å²) < 4.78 is 28.8. The minimum atomic E-state index is -4.19. The summed E-state index contributed by atoms with van der Waals surface area (Å²) in [5, 5.41) is 3.94. The van der Waals surface area contributed by atoms with Crippen molar-refractivity contribution in [1.82, 2.24) is 10.2 Å². The number of para-hydroxylation sites is 1. The maximum atomic E-state index is 14.0. The number of carbonyl (C=O) groups is 2. The van der Waals surface area contributed by atoms with E-state index in [9.17, 15) is 18.0 Å². The lowest BCUT2D eigenvalue weighted by atomic mass is 10.1. The Morgan fingerprint density at radius 1 is 0.925 bits per heavy atom. The fraction of sp³-hybridized carbons (Fsp3) is 0.310. The van der Waals surface area contributed by atoms with Gasteiger partial charge in [0.2, 0.25) is 11.8 Å². The molecule has 1 N–H and O–H groups in total. The Hall–Kier alpha value is -2.78. The molecule has 40 heavy (non-hydrogen) atoms. The molecule has 3 rings (SSSR count). The van der Waals surface area contributed by atoms with Gasteiger partial charge in [0.1, 0.15) is 12.6 Å². The van der Waals surface area contributed by atoms with Crippen LogP contribution in [0.1, 0.15) is 38.3 Å². The van der Waals surface area contributed by atoms with Crippen LogP contribution in [0.5, 0.6) is 0 Å². The molecule has 0 aromatic heterocycles. The zero-order valence-corrected chi connectivity index (χ0v) is 25.8. The molecule has 0 aliphatic carbocycles. The van der Waals surface area contributed by atoms with Crippen molar-refractivity contribution in [3.8, 4) is 0 Å². The summed E-state index contributed by atoms with van der Waals surface area (Å²) in [6, 6.07) is 16.5. The van der Waals surface area contributed by atoms with Crippen LogP contribution in [0.4, 0.5) is 5.69 Å². The van der Waals surface area contributed by atoms with Crippen molar-refractivity contribution >= 4 is 62.3 Å². The molecule has 2 amide bonds. The largest absolute Gasteiger partial charge is 0.352 e. The highest BCUT2D eigenvalue weighted by atomic mass is 35.5. The number of rotatable bonds is 11. The molecule has 3 aromatic carbocycles. The van der Waals surface area contributed by atoms with Gasteiger partial charge in [-0.3, -0.25) is 13.9 Å². The van der Waals surface area contributed by atoms with Gasteiger partial charge >= 0.3 is 0 Å². The minimum Gasteiger partial charge on any atom is -0.352 e. The SMILES string of the molecule is CCC(C)NC(=O)C(C)N(Cc1ccc(Cl)c(Cl)c1)C(=O)CN(c1ccccc1C)S(=O)(=O)c1ccc(Cl)cc1. The summed E-state index contributed by atoms with van der Waals surface area (Å²) in [5.74, 6) is -0.926. The molecule has 7 nitrogen and oxygen atoms in total. The number of hydrogen-bond acceptors (Lipinski definition) is 4. The standard InChI is InChI=1S/C29H32Cl3N3O4S/c1-5-20(3)33-29(37)21(4)34(17-22-10-15-25(31)26(32)16-22)28(36)18-35(27-9-7-6-8-19(27)2)40(38,39)24-13-11-23(30)12-14-24/h6-16,20-21H,5,17-18H2,1-4H3,(H,33,37). The van der Waals surface area contributed by atoms with E-state index in [0.717, 1.165) is 4.31 Å². The Balaban J connectivity index is 2.05. The third kappa shape index (κ3) is 7.69. The number of sulfonamides is 1. The summed E-state index contributed by atoms with van der Waals surface area (Å²) in [6.45, 7) is 6.65. The summed E-state index contributed by atoms with van der Waals surface area (Å²) in [5.41, 5.74) is 1.64. The fourth-order valence-corrected chi connectivity index (χ4v) is 5.90. The van der Waals surface area contributed by atoms with Crippen LogP contribution in [-0.4, -0.2) is 43.8 Å². The number of nitrogens with one attached hydrogen (secondary N) is 1. The first-order valence-corrected chi connectivity index (χ1v) is 15.3. The number of hydrogen-bond donors (Lipinski definition) is 1. The summed E-state index contributed by atoms with van der Waals surface area (Å²) in [4.78, 5) is 28.4. The molecule has 0 aliphatic heterocycles. The molecular formula is C29H32Cl3N3O4S. The van der Waals surface area contributed by atoms with Gasteiger partial charge in [0.25, 0.3) is 10.0 Å². The molecule has 0 bridgehead atoms. The van der Waals surface area contributed by atoms with Gasteiger partial charge in [-0.25, -0.2) is 8.42 Å². The predicted octanol–water partition coefficient (Wildman–Crippen LogP) is 6.48. The fourth-order valence-electron chi connectivity index (χ4n) is 3.97. The highest BCUT2D eigenvalue weighted by Crippen LogP contribution is 2.28. The molecular weight excluding hydrogens is 593 g/mol. The number of benzene rings is 3. The maximum absolute atomic E-state index is 14.0. The molecule has 214 valence electrons. The van der Waals surface area contributed by atoms with E-state index >= 15 is 0 Å². The van der Waals surface area contributed by atoms with Crippen LogP contribution >= 0.6 is 34.8 Å². The quantitative estimate of drug-likeness (QED) is 0.265. The van der Waals surface area contributed by atoms with Gasteiger partial charge in [-0.2, -0.15) is 0 Å². The van der Waals surface area contributed by atoms with Crippen molar-refractivity contribution in [2.24, 2.45) is 0 Å². The first kappa shape index (κ1) is 31.7. The number of anilines is 1. The average Bonchev–Trinajstić information content (AvgIpc) is 2.92. The third-order valence-electron chi connectivity index (χ3n) is 6.57. The normalized spacial score (nSPS) is 12.9. The van der Waals surface area contributed by atoms with Crippen molar-refractivity contribution in [2.75, 3.05) is 10.8 Å². The number of carbonyl (C=O) groups excluding carboxylic acids is 2. The van der Waals surface area contributed by atoms with Gasteiger partial charge in [-0.15, -0.1) is 0 Å². The monoisotopic (exact) mass is 623 g/mol. The van der Waals surface area contributed by atoms with E-state index in [1.165, 1.54) is 29.2 Å². The topological polar surface area (TPSA) is 86.8 Å². The van der Waals surface area contributed by atoms with Gasteiger partial charge in [0.15, 0.2) is 0 Å². The summed E-state index contributed by atoms with van der Waals surface area (Å²) >= 11 is 18.3. The van der Waals surface area contributed by atoms with Crippen LogP contribution in [0.3, 0.4) is 0 Å². The van der Waals surface area contributed by atoms with Crippen molar-refractivity contribution in [3.63, 3.8) is 0 Å². The summed E-state index contributed by atoms with van der Waals surface area (Å²) in [6.07, 6.45) is 0.708. The number of halogens is 3.